The SMILES string of the molecule is O=C(Nc1ccccc1Cl)c1cc2c([nH]c1=O)CCCC2. The molecule has 0 spiro atoms. The molecule has 0 saturated heterocycles. The molecule has 5 heteroatoms. The molecular weight excluding hydrogens is 288 g/mol. The number of hydrogen-bond donors (Lipinski definition) is 2. The van der Waals surface area contributed by atoms with Gasteiger partial charge in [0.05, 0.1) is 10.7 Å². The summed E-state index contributed by atoms with van der Waals surface area (Å²) in [5.41, 5.74) is 2.31. The number of pyridine rings is 1. The van der Waals surface area contributed by atoms with Crippen LogP contribution in [0.25, 0.3) is 0 Å². The first-order chi connectivity index (χ1) is 10.1. The van der Waals surface area contributed by atoms with Crippen molar-refractivity contribution in [2.75, 3.05) is 5.32 Å². The number of H-pyrrole nitrogens is 1. The molecular formula is C16H15ClN2O2. The lowest BCUT2D eigenvalue weighted by atomic mass is 9.95. The van der Waals surface area contributed by atoms with Crippen LogP contribution in [0, 0.1) is 0 Å². The Morgan fingerprint density at radius 3 is 2.76 bits per heavy atom. The number of anilines is 1. The zero-order valence-corrected chi connectivity index (χ0v) is 12.2. The van der Waals surface area contributed by atoms with Crippen molar-refractivity contribution in [1.82, 2.24) is 4.98 Å². The number of carbonyl (C=O) groups excluding carboxylic acids is 1. The number of aryl methyl sites for hydroxylation is 2. The highest BCUT2D eigenvalue weighted by Crippen LogP contribution is 2.22. The van der Waals surface area contributed by atoms with Crippen LogP contribution in [-0.4, -0.2) is 10.9 Å². The van der Waals surface area contributed by atoms with Crippen LogP contribution in [0.2, 0.25) is 5.02 Å². The van der Waals surface area contributed by atoms with Gasteiger partial charge in [0.25, 0.3) is 11.5 Å². The summed E-state index contributed by atoms with van der Waals surface area (Å²) in [4.78, 5) is 27.2. The molecule has 0 unspecified atom stereocenters. The number of aromatic nitrogens is 1. The first-order valence-electron chi connectivity index (χ1n) is 6.96. The van der Waals surface area contributed by atoms with Crippen LogP contribution in [0.3, 0.4) is 0 Å². The van der Waals surface area contributed by atoms with Gasteiger partial charge in [0.2, 0.25) is 0 Å². The van der Waals surface area contributed by atoms with Crippen molar-refractivity contribution >= 4 is 23.2 Å². The molecule has 1 aromatic heterocycles. The Morgan fingerprint density at radius 1 is 1.19 bits per heavy atom. The highest BCUT2D eigenvalue weighted by Gasteiger charge is 2.17. The molecule has 1 aromatic carbocycles. The summed E-state index contributed by atoms with van der Waals surface area (Å²) in [5.74, 6) is -0.433. The van der Waals surface area contributed by atoms with E-state index < -0.39 is 5.91 Å². The third kappa shape index (κ3) is 2.85. The summed E-state index contributed by atoms with van der Waals surface area (Å²) < 4.78 is 0. The van der Waals surface area contributed by atoms with Gasteiger partial charge in [-0.2, -0.15) is 0 Å². The molecule has 2 N–H and O–H groups in total. The highest BCUT2D eigenvalue weighted by atomic mass is 35.5. The fraction of sp³-hybridized carbons (Fsp3) is 0.250. The molecule has 0 fully saturated rings. The largest absolute Gasteiger partial charge is 0.325 e. The van der Waals surface area contributed by atoms with Crippen LogP contribution in [0.5, 0.6) is 0 Å². The second kappa shape index (κ2) is 5.74. The molecule has 0 radical (unpaired) electrons. The van der Waals surface area contributed by atoms with E-state index in [4.69, 9.17) is 11.6 Å². The predicted octanol–water partition coefficient (Wildman–Crippen LogP) is 3.16. The van der Waals surface area contributed by atoms with Gasteiger partial charge in [-0.25, -0.2) is 0 Å². The summed E-state index contributed by atoms with van der Waals surface area (Å²) in [6.45, 7) is 0. The summed E-state index contributed by atoms with van der Waals surface area (Å²) in [6, 6.07) is 8.66. The number of halogens is 1. The van der Waals surface area contributed by atoms with Crippen LogP contribution in [-0.2, 0) is 12.8 Å². The van der Waals surface area contributed by atoms with Crippen LogP contribution in [0.4, 0.5) is 5.69 Å². The molecule has 21 heavy (non-hydrogen) atoms. The van der Waals surface area contributed by atoms with Gasteiger partial charge in [0.15, 0.2) is 0 Å². The second-order valence-corrected chi connectivity index (χ2v) is 5.56. The van der Waals surface area contributed by atoms with Gasteiger partial charge >= 0.3 is 0 Å². The molecule has 3 rings (SSSR count). The number of amides is 1. The van der Waals surface area contributed by atoms with E-state index >= 15 is 0 Å². The van der Waals surface area contributed by atoms with E-state index in [9.17, 15) is 9.59 Å². The minimum Gasteiger partial charge on any atom is -0.325 e. The third-order valence-electron chi connectivity index (χ3n) is 3.70. The quantitative estimate of drug-likeness (QED) is 0.895. The van der Waals surface area contributed by atoms with Crippen LogP contribution in [0.15, 0.2) is 35.1 Å². The van der Waals surface area contributed by atoms with E-state index in [2.05, 4.69) is 10.3 Å². The number of benzene rings is 1. The van der Waals surface area contributed by atoms with Gasteiger partial charge < -0.3 is 10.3 Å². The number of para-hydroxylation sites is 1. The van der Waals surface area contributed by atoms with E-state index in [1.54, 1.807) is 30.3 Å². The minimum atomic E-state index is -0.433. The molecule has 2 aromatic rings. The van der Waals surface area contributed by atoms with E-state index in [1.165, 1.54) is 0 Å². The van der Waals surface area contributed by atoms with Crippen molar-refractivity contribution < 1.29 is 4.79 Å². The molecule has 0 saturated carbocycles. The standard InChI is InChI=1S/C16H15ClN2O2/c17-12-6-2-4-8-14(12)19-16(21)11-9-10-5-1-3-7-13(10)18-15(11)20/h2,4,6,8-9H,1,3,5,7H2,(H,18,20)(H,19,21). The Kier molecular flexibility index (Phi) is 3.80. The van der Waals surface area contributed by atoms with E-state index in [-0.39, 0.29) is 11.1 Å². The zero-order valence-electron chi connectivity index (χ0n) is 11.4. The maximum atomic E-state index is 12.3. The maximum absolute atomic E-state index is 12.3. The molecule has 0 atom stereocenters. The first-order valence-corrected chi connectivity index (χ1v) is 7.34. The second-order valence-electron chi connectivity index (χ2n) is 5.16. The van der Waals surface area contributed by atoms with Crippen molar-refractivity contribution in [3.05, 3.63) is 62.5 Å². The molecule has 1 amide bonds. The Labute approximate surface area is 127 Å². The fourth-order valence-electron chi connectivity index (χ4n) is 2.60. The smallest absolute Gasteiger partial charge is 0.261 e. The number of rotatable bonds is 2. The van der Waals surface area contributed by atoms with Gasteiger partial charge in [-0.3, -0.25) is 9.59 Å². The molecule has 0 bridgehead atoms. The Balaban J connectivity index is 1.91. The van der Waals surface area contributed by atoms with Crippen LogP contribution < -0.4 is 10.9 Å². The predicted molar refractivity (Wildman–Crippen MR) is 83.1 cm³/mol. The maximum Gasteiger partial charge on any atom is 0.261 e. The van der Waals surface area contributed by atoms with Crippen molar-refractivity contribution in [3.63, 3.8) is 0 Å². The Bertz CT molecular complexity index is 752. The van der Waals surface area contributed by atoms with Crippen molar-refractivity contribution in [2.45, 2.75) is 25.7 Å². The molecule has 4 nitrogen and oxygen atoms in total. The van der Waals surface area contributed by atoms with E-state index in [1.807, 2.05) is 0 Å². The minimum absolute atomic E-state index is 0.135. The van der Waals surface area contributed by atoms with Gasteiger partial charge in [-0.05, 0) is 49.4 Å². The average Bonchev–Trinajstić information content (AvgIpc) is 2.49. The molecule has 108 valence electrons. The molecule has 0 aliphatic heterocycles. The third-order valence-corrected chi connectivity index (χ3v) is 4.03. The van der Waals surface area contributed by atoms with Crippen molar-refractivity contribution in [2.24, 2.45) is 0 Å². The number of hydrogen-bond acceptors (Lipinski definition) is 2. The molecule has 1 aliphatic rings. The summed E-state index contributed by atoms with van der Waals surface area (Å²) in [6.07, 6.45) is 3.94. The Hall–Kier alpha value is -2.07. The summed E-state index contributed by atoms with van der Waals surface area (Å²) >= 11 is 6.01. The zero-order chi connectivity index (χ0) is 14.8. The van der Waals surface area contributed by atoms with Crippen LogP contribution in [0.1, 0.15) is 34.5 Å². The highest BCUT2D eigenvalue weighted by molar-refractivity contribution is 6.33. The normalized spacial score (nSPS) is 13.6. The number of aromatic amines is 1. The number of fused-ring (bicyclic) bond motifs is 1. The lowest BCUT2D eigenvalue weighted by molar-refractivity contribution is 0.102. The monoisotopic (exact) mass is 302 g/mol. The lowest BCUT2D eigenvalue weighted by Gasteiger charge is -2.16. The van der Waals surface area contributed by atoms with Gasteiger partial charge in [-0.15, -0.1) is 0 Å². The molecule has 1 aliphatic carbocycles. The fourth-order valence-corrected chi connectivity index (χ4v) is 2.78. The first kappa shape index (κ1) is 13.9. The summed E-state index contributed by atoms with van der Waals surface area (Å²) in [7, 11) is 0. The topological polar surface area (TPSA) is 62.0 Å². The number of nitrogens with one attached hydrogen (secondary N) is 2. The summed E-state index contributed by atoms with van der Waals surface area (Å²) in [5, 5.41) is 3.13. The van der Waals surface area contributed by atoms with Gasteiger partial charge in [0, 0.05) is 5.69 Å². The van der Waals surface area contributed by atoms with E-state index in [0.717, 1.165) is 36.9 Å². The van der Waals surface area contributed by atoms with Crippen molar-refractivity contribution in [3.8, 4) is 0 Å². The lowest BCUT2D eigenvalue weighted by Crippen LogP contribution is -2.26. The van der Waals surface area contributed by atoms with Gasteiger partial charge in [0.1, 0.15) is 5.56 Å². The van der Waals surface area contributed by atoms with Crippen molar-refractivity contribution in [1.29, 1.82) is 0 Å². The Morgan fingerprint density at radius 2 is 1.95 bits per heavy atom. The average molecular weight is 303 g/mol. The van der Waals surface area contributed by atoms with Crippen LogP contribution >= 0.6 is 11.6 Å². The molecule has 1 heterocycles. The number of carbonyl (C=O) groups is 1. The van der Waals surface area contributed by atoms with E-state index in [0.29, 0.717) is 10.7 Å². The van der Waals surface area contributed by atoms with Gasteiger partial charge in [-0.1, -0.05) is 23.7 Å².